The number of aryl methyl sites for hydroxylation is 1. The molecule has 17 heavy (non-hydrogen) atoms. The van der Waals surface area contributed by atoms with Crippen LogP contribution >= 0.6 is 0 Å². The van der Waals surface area contributed by atoms with E-state index in [0.717, 1.165) is 0 Å². The van der Waals surface area contributed by atoms with Crippen LogP contribution in [-0.2, 0) is 0 Å². The van der Waals surface area contributed by atoms with Crippen LogP contribution in [0.3, 0.4) is 0 Å². The Labute approximate surface area is 97.7 Å². The number of carbonyl (C=O) groups is 1. The molecule has 5 heteroatoms. The fourth-order valence-corrected chi connectivity index (χ4v) is 1.34. The van der Waals surface area contributed by atoms with E-state index in [1.165, 1.54) is 6.20 Å². The average molecular weight is 227 g/mol. The molecule has 0 saturated carbocycles. The number of oxazole rings is 1. The summed E-state index contributed by atoms with van der Waals surface area (Å²) < 4.78 is 5.08. The number of amides is 1. The van der Waals surface area contributed by atoms with E-state index in [4.69, 9.17) is 9.68 Å². The number of anilines is 1. The minimum Gasteiger partial charge on any atom is -0.436 e. The van der Waals surface area contributed by atoms with Crippen molar-refractivity contribution in [3.63, 3.8) is 0 Å². The number of nitrogens with zero attached hydrogens (tertiary/aromatic N) is 2. The summed E-state index contributed by atoms with van der Waals surface area (Å²) in [5.41, 5.74) is 0.853. The number of nitrogens with one attached hydrogen (secondary N) is 1. The van der Waals surface area contributed by atoms with Crippen LogP contribution < -0.4 is 5.32 Å². The molecule has 0 bridgehead atoms. The van der Waals surface area contributed by atoms with Crippen molar-refractivity contribution in [3.8, 4) is 6.07 Å². The molecule has 2 aromatic rings. The van der Waals surface area contributed by atoms with Crippen LogP contribution in [0.5, 0.6) is 0 Å². The maximum Gasteiger partial charge on any atom is 0.293 e. The van der Waals surface area contributed by atoms with E-state index >= 15 is 0 Å². The molecular weight excluding hydrogens is 218 g/mol. The first-order valence-corrected chi connectivity index (χ1v) is 4.93. The second-order valence-corrected chi connectivity index (χ2v) is 3.36. The largest absolute Gasteiger partial charge is 0.436 e. The van der Waals surface area contributed by atoms with Crippen molar-refractivity contribution in [3.05, 3.63) is 47.7 Å². The summed E-state index contributed by atoms with van der Waals surface area (Å²) in [6.07, 6.45) is 1.35. The normalized spacial score (nSPS) is 9.65. The first-order chi connectivity index (χ1) is 8.20. The van der Waals surface area contributed by atoms with Gasteiger partial charge in [0.1, 0.15) is 6.07 Å². The van der Waals surface area contributed by atoms with Crippen molar-refractivity contribution in [2.75, 3.05) is 5.32 Å². The van der Waals surface area contributed by atoms with Gasteiger partial charge in [-0.1, -0.05) is 12.1 Å². The molecule has 1 aromatic carbocycles. The van der Waals surface area contributed by atoms with Crippen molar-refractivity contribution in [1.82, 2.24) is 4.98 Å². The predicted molar refractivity (Wildman–Crippen MR) is 60.4 cm³/mol. The molecule has 0 aliphatic carbocycles. The van der Waals surface area contributed by atoms with Crippen molar-refractivity contribution in [2.24, 2.45) is 0 Å². The highest BCUT2D eigenvalue weighted by Crippen LogP contribution is 2.15. The number of rotatable bonds is 2. The Morgan fingerprint density at radius 2 is 2.24 bits per heavy atom. The third-order valence-electron chi connectivity index (χ3n) is 2.14. The van der Waals surface area contributed by atoms with Gasteiger partial charge in [0.2, 0.25) is 5.76 Å². The number of hydrogen-bond acceptors (Lipinski definition) is 4. The van der Waals surface area contributed by atoms with E-state index in [9.17, 15) is 4.79 Å². The van der Waals surface area contributed by atoms with Crippen LogP contribution in [-0.4, -0.2) is 10.9 Å². The maximum atomic E-state index is 11.7. The summed E-state index contributed by atoms with van der Waals surface area (Å²) in [6.45, 7) is 1.65. The molecule has 0 unspecified atom stereocenters. The summed E-state index contributed by atoms with van der Waals surface area (Å²) in [5, 5.41) is 11.5. The molecule has 84 valence electrons. The lowest BCUT2D eigenvalue weighted by atomic mass is 10.2. The number of aromatic nitrogens is 1. The topological polar surface area (TPSA) is 78.9 Å². The molecule has 0 saturated heterocycles. The summed E-state index contributed by atoms with van der Waals surface area (Å²) in [6, 6.07) is 8.74. The van der Waals surface area contributed by atoms with E-state index in [1.807, 2.05) is 6.07 Å². The highest BCUT2D eigenvalue weighted by atomic mass is 16.4. The second kappa shape index (κ2) is 4.49. The summed E-state index contributed by atoms with van der Waals surface area (Å²) >= 11 is 0. The fourth-order valence-electron chi connectivity index (χ4n) is 1.34. The number of benzene rings is 1. The lowest BCUT2D eigenvalue weighted by Gasteiger charge is -2.03. The Morgan fingerprint density at radius 1 is 1.47 bits per heavy atom. The summed E-state index contributed by atoms with van der Waals surface area (Å²) in [4.78, 5) is 15.6. The molecule has 0 aliphatic rings. The Kier molecular flexibility index (Phi) is 2.88. The first kappa shape index (κ1) is 10.9. The van der Waals surface area contributed by atoms with E-state index in [2.05, 4.69) is 10.3 Å². The van der Waals surface area contributed by atoms with Crippen LogP contribution in [0.15, 0.2) is 34.9 Å². The molecule has 0 atom stereocenters. The van der Waals surface area contributed by atoms with Crippen LogP contribution in [0.2, 0.25) is 0 Å². The molecule has 1 aromatic heterocycles. The standard InChI is InChI=1S/C12H9N3O2/c1-8-14-7-11(17-8)12(16)15-10-5-3-2-4-9(10)6-13/h2-5,7H,1H3,(H,15,16). The van der Waals surface area contributed by atoms with Gasteiger partial charge in [-0.25, -0.2) is 4.98 Å². The maximum absolute atomic E-state index is 11.7. The molecule has 0 spiro atoms. The highest BCUT2D eigenvalue weighted by Gasteiger charge is 2.12. The summed E-state index contributed by atoms with van der Waals surface area (Å²) in [7, 11) is 0. The van der Waals surface area contributed by atoms with Gasteiger partial charge in [-0.3, -0.25) is 4.79 Å². The molecular formula is C12H9N3O2. The van der Waals surface area contributed by atoms with Crippen LogP contribution in [0.1, 0.15) is 22.0 Å². The van der Waals surface area contributed by atoms with Crippen molar-refractivity contribution < 1.29 is 9.21 Å². The van der Waals surface area contributed by atoms with Crippen LogP contribution in [0, 0.1) is 18.3 Å². The van der Waals surface area contributed by atoms with Crippen molar-refractivity contribution >= 4 is 11.6 Å². The number of hydrogen-bond donors (Lipinski definition) is 1. The average Bonchev–Trinajstić information content (AvgIpc) is 2.77. The molecule has 0 fully saturated rings. The van der Waals surface area contributed by atoms with Gasteiger partial charge < -0.3 is 9.73 Å². The van der Waals surface area contributed by atoms with Crippen LogP contribution in [0.4, 0.5) is 5.69 Å². The molecule has 0 aliphatic heterocycles. The number of nitriles is 1. The highest BCUT2D eigenvalue weighted by molar-refractivity contribution is 6.02. The number of para-hydroxylation sites is 1. The number of carbonyl (C=O) groups excluding carboxylic acids is 1. The fraction of sp³-hybridized carbons (Fsp3) is 0.0833. The molecule has 0 radical (unpaired) electrons. The van der Waals surface area contributed by atoms with Gasteiger partial charge in [-0.15, -0.1) is 0 Å². The van der Waals surface area contributed by atoms with Gasteiger partial charge in [0, 0.05) is 6.92 Å². The van der Waals surface area contributed by atoms with Gasteiger partial charge in [-0.05, 0) is 12.1 Å². The zero-order valence-corrected chi connectivity index (χ0v) is 9.10. The Hall–Kier alpha value is -2.61. The third kappa shape index (κ3) is 2.32. The van der Waals surface area contributed by atoms with Crippen molar-refractivity contribution in [2.45, 2.75) is 6.92 Å². The first-order valence-electron chi connectivity index (χ1n) is 4.93. The van der Waals surface area contributed by atoms with Gasteiger partial charge in [0.25, 0.3) is 5.91 Å². The lowest BCUT2D eigenvalue weighted by molar-refractivity contribution is 0.0995. The quantitative estimate of drug-likeness (QED) is 0.852. The van der Waals surface area contributed by atoms with E-state index in [-0.39, 0.29) is 5.76 Å². The SMILES string of the molecule is Cc1ncc(C(=O)Nc2ccccc2C#N)o1. The van der Waals surface area contributed by atoms with Gasteiger partial charge in [0.05, 0.1) is 17.4 Å². The van der Waals surface area contributed by atoms with Crippen LogP contribution in [0.25, 0.3) is 0 Å². The van der Waals surface area contributed by atoms with Gasteiger partial charge in [-0.2, -0.15) is 5.26 Å². The molecule has 1 N–H and O–H groups in total. The minimum atomic E-state index is -0.423. The Balaban J connectivity index is 2.22. The molecule has 2 rings (SSSR count). The Morgan fingerprint density at radius 3 is 2.88 bits per heavy atom. The van der Waals surface area contributed by atoms with E-state index < -0.39 is 5.91 Å². The minimum absolute atomic E-state index is 0.121. The van der Waals surface area contributed by atoms with Crippen molar-refractivity contribution in [1.29, 1.82) is 5.26 Å². The zero-order chi connectivity index (χ0) is 12.3. The van der Waals surface area contributed by atoms with E-state index in [0.29, 0.717) is 17.1 Å². The predicted octanol–water partition coefficient (Wildman–Crippen LogP) is 2.11. The molecule has 1 amide bonds. The summed E-state index contributed by atoms with van der Waals surface area (Å²) in [5.74, 6) is 0.118. The molecule has 5 nitrogen and oxygen atoms in total. The van der Waals surface area contributed by atoms with Gasteiger partial charge >= 0.3 is 0 Å². The molecule has 1 heterocycles. The Bertz CT molecular complexity index is 596. The zero-order valence-electron chi connectivity index (χ0n) is 9.10. The smallest absolute Gasteiger partial charge is 0.293 e. The van der Waals surface area contributed by atoms with Gasteiger partial charge in [0.15, 0.2) is 5.89 Å². The third-order valence-corrected chi connectivity index (χ3v) is 2.14. The van der Waals surface area contributed by atoms with E-state index in [1.54, 1.807) is 31.2 Å². The second-order valence-electron chi connectivity index (χ2n) is 3.36. The lowest BCUT2D eigenvalue weighted by Crippen LogP contribution is -2.11. The monoisotopic (exact) mass is 227 g/mol.